The summed E-state index contributed by atoms with van der Waals surface area (Å²) in [5, 5.41) is 3.80. The molecule has 0 aliphatic rings. The Morgan fingerprint density at radius 1 is 1.38 bits per heavy atom. The second-order valence-electron chi connectivity index (χ2n) is 3.52. The Bertz CT molecular complexity index is 530. The van der Waals surface area contributed by atoms with E-state index in [-0.39, 0.29) is 22.5 Å². The van der Waals surface area contributed by atoms with Crippen molar-refractivity contribution in [2.45, 2.75) is 13.0 Å². The number of hydrogen-bond donors (Lipinski definition) is 1. The summed E-state index contributed by atoms with van der Waals surface area (Å²) in [5.41, 5.74) is 0.264. The van der Waals surface area contributed by atoms with Crippen LogP contribution < -0.4 is 5.32 Å². The zero-order valence-electron chi connectivity index (χ0n) is 8.96. The van der Waals surface area contributed by atoms with Crippen LogP contribution in [0.1, 0.15) is 18.8 Å². The van der Waals surface area contributed by atoms with Crippen molar-refractivity contribution < 1.29 is 4.39 Å². The first-order valence-corrected chi connectivity index (χ1v) is 5.30. The van der Waals surface area contributed by atoms with E-state index < -0.39 is 0 Å². The summed E-state index contributed by atoms with van der Waals surface area (Å²) in [7, 11) is 1.79. The summed E-state index contributed by atoms with van der Waals surface area (Å²) in [6.07, 6.45) is 0. The van der Waals surface area contributed by atoms with Gasteiger partial charge >= 0.3 is 0 Å². The quantitative estimate of drug-likeness (QED) is 0.819. The Morgan fingerprint density at radius 2 is 2.12 bits per heavy atom. The SMILES string of the molecule is CNC(C)c1nc(Cl)c2cccc(F)c2n1. The third-order valence-electron chi connectivity index (χ3n) is 2.47. The second kappa shape index (κ2) is 4.31. The molecule has 0 aliphatic heterocycles. The highest BCUT2D eigenvalue weighted by Gasteiger charge is 2.12. The highest BCUT2D eigenvalue weighted by atomic mass is 35.5. The van der Waals surface area contributed by atoms with Gasteiger partial charge in [0.05, 0.1) is 6.04 Å². The van der Waals surface area contributed by atoms with Gasteiger partial charge in [-0.05, 0) is 26.1 Å². The molecule has 3 nitrogen and oxygen atoms in total. The van der Waals surface area contributed by atoms with Gasteiger partial charge in [0.2, 0.25) is 0 Å². The van der Waals surface area contributed by atoms with Crippen LogP contribution in [0.2, 0.25) is 5.15 Å². The molecule has 0 aliphatic carbocycles. The van der Waals surface area contributed by atoms with Crippen LogP contribution in [0, 0.1) is 5.82 Å². The molecular weight excluding hydrogens is 229 g/mol. The Labute approximate surface area is 97.7 Å². The number of aromatic nitrogens is 2. The first-order valence-electron chi connectivity index (χ1n) is 4.92. The van der Waals surface area contributed by atoms with Crippen LogP contribution in [0.3, 0.4) is 0 Å². The van der Waals surface area contributed by atoms with Gasteiger partial charge in [0.15, 0.2) is 0 Å². The van der Waals surface area contributed by atoms with Crippen LogP contribution in [-0.2, 0) is 0 Å². The van der Waals surface area contributed by atoms with E-state index in [2.05, 4.69) is 15.3 Å². The van der Waals surface area contributed by atoms with Crippen LogP contribution in [0.5, 0.6) is 0 Å². The molecule has 2 rings (SSSR count). The number of nitrogens with zero attached hydrogens (tertiary/aromatic N) is 2. The smallest absolute Gasteiger partial charge is 0.149 e. The Balaban J connectivity index is 2.70. The minimum atomic E-state index is -0.383. The van der Waals surface area contributed by atoms with E-state index in [4.69, 9.17) is 11.6 Å². The van der Waals surface area contributed by atoms with E-state index in [1.165, 1.54) is 6.07 Å². The normalized spacial score (nSPS) is 13.0. The third kappa shape index (κ3) is 1.86. The molecule has 0 amide bonds. The molecule has 0 spiro atoms. The van der Waals surface area contributed by atoms with Gasteiger partial charge in [0, 0.05) is 5.39 Å². The first kappa shape index (κ1) is 11.2. The summed E-state index contributed by atoms with van der Waals surface area (Å²) in [5.74, 6) is 0.108. The summed E-state index contributed by atoms with van der Waals surface area (Å²) in [4.78, 5) is 8.31. The lowest BCUT2D eigenvalue weighted by molar-refractivity contribution is 0.606. The molecular formula is C11H11ClFN3. The van der Waals surface area contributed by atoms with Crippen molar-refractivity contribution in [2.24, 2.45) is 0 Å². The highest BCUT2D eigenvalue weighted by Crippen LogP contribution is 2.23. The summed E-state index contributed by atoms with van der Waals surface area (Å²) >= 11 is 5.99. The molecule has 5 heteroatoms. The van der Waals surface area contributed by atoms with Gasteiger partial charge in [0.1, 0.15) is 22.3 Å². The van der Waals surface area contributed by atoms with Gasteiger partial charge in [-0.25, -0.2) is 14.4 Å². The lowest BCUT2D eigenvalue weighted by Crippen LogP contribution is -2.15. The number of benzene rings is 1. The topological polar surface area (TPSA) is 37.8 Å². The largest absolute Gasteiger partial charge is 0.311 e. The number of halogens is 2. The molecule has 1 aromatic heterocycles. The molecule has 0 saturated carbocycles. The van der Waals surface area contributed by atoms with E-state index in [0.717, 1.165) is 0 Å². The Kier molecular flexibility index (Phi) is 3.03. The van der Waals surface area contributed by atoms with E-state index in [1.54, 1.807) is 19.2 Å². The maximum Gasteiger partial charge on any atom is 0.149 e. The molecule has 1 aromatic carbocycles. The second-order valence-corrected chi connectivity index (χ2v) is 3.88. The van der Waals surface area contributed by atoms with Gasteiger partial charge in [0.25, 0.3) is 0 Å². The average Bonchev–Trinajstić information content (AvgIpc) is 2.29. The third-order valence-corrected chi connectivity index (χ3v) is 2.76. The van der Waals surface area contributed by atoms with Crippen LogP contribution >= 0.6 is 11.6 Å². The predicted molar refractivity (Wildman–Crippen MR) is 62.0 cm³/mol. The minimum absolute atomic E-state index is 0.0680. The molecule has 0 bridgehead atoms. The van der Waals surface area contributed by atoms with Crippen molar-refractivity contribution in [1.29, 1.82) is 0 Å². The highest BCUT2D eigenvalue weighted by molar-refractivity contribution is 6.34. The van der Waals surface area contributed by atoms with Crippen LogP contribution in [-0.4, -0.2) is 17.0 Å². The summed E-state index contributed by atoms with van der Waals surface area (Å²) in [6, 6.07) is 4.59. The average molecular weight is 240 g/mol. The maximum atomic E-state index is 13.5. The van der Waals surface area contributed by atoms with Crippen molar-refractivity contribution in [3.05, 3.63) is 35.0 Å². The molecule has 16 heavy (non-hydrogen) atoms. The minimum Gasteiger partial charge on any atom is -0.311 e. The molecule has 0 fully saturated rings. The number of rotatable bonds is 2. The maximum absolute atomic E-state index is 13.5. The molecule has 0 radical (unpaired) electrons. The van der Waals surface area contributed by atoms with E-state index in [1.807, 2.05) is 6.92 Å². The molecule has 1 atom stereocenters. The lowest BCUT2D eigenvalue weighted by atomic mass is 10.2. The fourth-order valence-corrected chi connectivity index (χ4v) is 1.66. The number of hydrogen-bond acceptors (Lipinski definition) is 3. The van der Waals surface area contributed by atoms with Crippen molar-refractivity contribution in [1.82, 2.24) is 15.3 Å². The van der Waals surface area contributed by atoms with Crippen LogP contribution in [0.25, 0.3) is 10.9 Å². The van der Waals surface area contributed by atoms with E-state index in [9.17, 15) is 4.39 Å². The van der Waals surface area contributed by atoms with Crippen LogP contribution in [0.4, 0.5) is 4.39 Å². The number of fused-ring (bicyclic) bond motifs is 1. The van der Waals surface area contributed by atoms with Gasteiger partial charge in [-0.2, -0.15) is 0 Å². The van der Waals surface area contributed by atoms with Crippen LogP contribution in [0.15, 0.2) is 18.2 Å². The zero-order chi connectivity index (χ0) is 11.7. The van der Waals surface area contributed by atoms with E-state index >= 15 is 0 Å². The number of nitrogens with one attached hydrogen (secondary N) is 1. The van der Waals surface area contributed by atoms with Gasteiger partial charge < -0.3 is 5.32 Å². The molecule has 1 heterocycles. The van der Waals surface area contributed by atoms with Crippen molar-refractivity contribution in [2.75, 3.05) is 7.05 Å². The van der Waals surface area contributed by atoms with Gasteiger partial charge in [-0.3, -0.25) is 0 Å². The molecule has 84 valence electrons. The van der Waals surface area contributed by atoms with Gasteiger partial charge in [-0.1, -0.05) is 17.7 Å². The van der Waals surface area contributed by atoms with Crippen molar-refractivity contribution in [3.63, 3.8) is 0 Å². The molecule has 2 aromatic rings. The summed E-state index contributed by atoms with van der Waals surface area (Å²) < 4.78 is 13.5. The lowest BCUT2D eigenvalue weighted by Gasteiger charge is -2.10. The molecule has 1 N–H and O–H groups in total. The summed E-state index contributed by atoms with van der Waals surface area (Å²) in [6.45, 7) is 1.89. The standard InChI is InChI=1S/C11H11ClFN3/c1-6(14-2)11-15-9-7(10(12)16-11)4-3-5-8(9)13/h3-6,14H,1-2H3. The monoisotopic (exact) mass is 239 g/mol. The molecule has 1 unspecified atom stereocenters. The van der Waals surface area contributed by atoms with Crippen molar-refractivity contribution in [3.8, 4) is 0 Å². The number of para-hydroxylation sites is 1. The fourth-order valence-electron chi connectivity index (χ4n) is 1.42. The Morgan fingerprint density at radius 3 is 2.81 bits per heavy atom. The Hall–Kier alpha value is -1.26. The first-order chi connectivity index (χ1) is 7.63. The van der Waals surface area contributed by atoms with E-state index in [0.29, 0.717) is 11.2 Å². The van der Waals surface area contributed by atoms with Crippen molar-refractivity contribution >= 4 is 22.5 Å². The zero-order valence-corrected chi connectivity index (χ0v) is 9.72. The molecule has 0 saturated heterocycles. The fraction of sp³-hybridized carbons (Fsp3) is 0.273. The van der Waals surface area contributed by atoms with Gasteiger partial charge in [-0.15, -0.1) is 0 Å². The predicted octanol–water partition coefficient (Wildman–Crippen LogP) is 2.70.